The van der Waals surface area contributed by atoms with Crippen LogP contribution in [-0.2, 0) is 18.3 Å². The van der Waals surface area contributed by atoms with Crippen LogP contribution < -0.4 is 10.9 Å². The van der Waals surface area contributed by atoms with Crippen LogP contribution in [0.3, 0.4) is 0 Å². The summed E-state index contributed by atoms with van der Waals surface area (Å²) < 4.78 is 3.35. The number of nitrogens with zero attached hydrogens (tertiary/aromatic N) is 6. The Bertz CT molecular complexity index is 1340. The van der Waals surface area contributed by atoms with Crippen molar-refractivity contribution in [2.45, 2.75) is 31.7 Å². The quantitative estimate of drug-likeness (QED) is 0.518. The van der Waals surface area contributed by atoms with E-state index in [0.717, 1.165) is 18.4 Å². The van der Waals surface area contributed by atoms with Gasteiger partial charge in [0.2, 0.25) is 5.91 Å². The van der Waals surface area contributed by atoms with E-state index in [1.807, 2.05) is 42.5 Å². The number of nitrogens with one attached hydrogen (secondary N) is 1. The third kappa shape index (κ3) is 3.81. The predicted molar refractivity (Wildman–Crippen MR) is 115 cm³/mol. The number of hydrogen-bond acceptors (Lipinski definition) is 6. The predicted octanol–water partition coefficient (Wildman–Crippen LogP) is 2.49. The highest BCUT2D eigenvalue weighted by Gasteiger charge is 2.28. The van der Waals surface area contributed by atoms with Gasteiger partial charge < -0.3 is 5.32 Å². The first-order valence-corrected chi connectivity index (χ1v) is 10.2. The number of aromatic nitrogens is 6. The molecule has 2 aromatic carbocycles. The molecule has 2 aromatic heterocycles. The maximum atomic E-state index is 12.9. The van der Waals surface area contributed by atoms with Gasteiger partial charge in [0.15, 0.2) is 5.82 Å². The van der Waals surface area contributed by atoms with Crippen molar-refractivity contribution in [3.63, 3.8) is 0 Å². The van der Waals surface area contributed by atoms with Crippen molar-refractivity contribution >= 4 is 22.5 Å². The number of anilines is 1. The highest BCUT2D eigenvalue weighted by Crippen LogP contribution is 2.35. The number of carbonyl (C=O) groups is 1. The van der Waals surface area contributed by atoms with Crippen LogP contribution in [0.15, 0.2) is 53.3 Å². The molecule has 0 atom stereocenters. The van der Waals surface area contributed by atoms with Crippen LogP contribution >= 0.6 is 0 Å². The van der Waals surface area contributed by atoms with Gasteiger partial charge in [-0.05, 0) is 47.5 Å². The molecule has 156 valence electrons. The van der Waals surface area contributed by atoms with Crippen molar-refractivity contribution in [3.05, 3.63) is 64.7 Å². The van der Waals surface area contributed by atoms with Crippen LogP contribution in [-0.4, -0.2) is 35.7 Å². The van der Waals surface area contributed by atoms with E-state index >= 15 is 0 Å². The van der Waals surface area contributed by atoms with E-state index in [1.54, 1.807) is 22.4 Å². The summed E-state index contributed by atoms with van der Waals surface area (Å²) in [5.74, 6) is 1.14. The van der Waals surface area contributed by atoms with Crippen LogP contribution in [0.25, 0.3) is 22.3 Å². The van der Waals surface area contributed by atoms with Crippen LogP contribution in [0.1, 0.15) is 31.1 Å². The largest absolute Gasteiger partial charge is 0.326 e. The first-order chi connectivity index (χ1) is 15.1. The number of para-hydroxylation sites is 1. The molecular formula is C22H21N7O2. The molecule has 5 rings (SSSR count). The van der Waals surface area contributed by atoms with Crippen molar-refractivity contribution in [1.82, 2.24) is 29.8 Å². The topological polar surface area (TPSA) is 108 Å². The molecule has 0 radical (unpaired) electrons. The first kappa shape index (κ1) is 19.1. The SMILES string of the molecule is Cn1nnnc1-c1cccc(NC(=O)CCc2nc3ccccc3c(=O)n2C2CC2)c1. The summed E-state index contributed by atoms with van der Waals surface area (Å²) in [7, 11) is 1.76. The number of tetrazole rings is 1. The summed E-state index contributed by atoms with van der Waals surface area (Å²) in [6, 6.07) is 14.9. The highest BCUT2D eigenvalue weighted by atomic mass is 16.1. The Morgan fingerprint density at radius 3 is 2.77 bits per heavy atom. The molecule has 1 fully saturated rings. The lowest BCUT2D eigenvalue weighted by molar-refractivity contribution is -0.116. The Balaban J connectivity index is 1.34. The Hall–Kier alpha value is -3.88. The third-order valence-electron chi connectivity index (χ3n) is 5.39. The van der Waals surface area contributed by atoms with Gasteiger partial charge in [-0.25, -0.2) is 9.67 Å². The van der Waals surface area contributed by atoms with Gasteiger partial charge in [0.25, 0.3) is 5.56 Å². The van der Waals surface area contributed by atoms with Crippen LogP contribution in [0.5, 0.6) is 0 Å². The number of benzene rings is 2. The average molecular weight is 415 g/mol. The molecular weight excluding hydrogens is 394 g/mol. The summed E-state index contributed by atoms with van der Waals surface area (Å²) in [5.41, 5.74) is 2.12. The van der Waals surface area contributed by atoms with E-state index in [9.17, 15) is 9.59 Å². The summed E-state index contributed by atoms with van der Waals surface area (Å²) in [5, 5.41) is 15.0. The molecule has 1 aliphatic rings. The molecule has 2 heterocycles. The van der Waals surface area contributed by atoms with Gasteiger partial charge in [-0.3, -0.25) is 14.2 Å². The van der Waals surface area contributed by atoms with Crippen molar-refractivity contribution in [2.24, 2.45) is 7.05 Å². The monoisotopic (exact) mass is 415 g/mol. The van der Waals surface area contributed by atoms with Crippen molar-refractivity contribution in [3.8, 4) is 11.4 Å². The van der Waals surface area contributed by atoms with E-state index in [2.05, 4.69) is 20.8 Å². The molecule has 0 bridgehead atoms. The van der Waals surface area contributed by atoms with Crippen molar-refractivity contribution in [2.75, 3.05) is 5.32 Å². The lowest BCUT2D eigenvalue weighted by Gasteiger charge is -2.13. The summed E-state index contributed by atoms with van der Waals surface area (Å²) in [4.78, 5) is 30.3. The number of hydrogen-bond donors (Lipinski definition) is 1. The second kappa shape index (κ2) is 7.75. The smallest absolute Gasteiger partial charge is 0.261 e. The van der Waals surface area contributed by atoms with E-state index < -0.39 is 0 Å². The van der Waals surface area contributed by atoms with Gasteiger partial charge in [-0.15, -0.1) is 5.10 Å². The minimum Gasteiger partial charge on any atom is -0.326 e. The lowest BCUT2D eigenvalue weighted by Crippen LogP contribution is -2.25. The molecule has 1 N–H and O–H groups in total. The molecule has 1 amide bonds. The second-order valence-corrected chi connectivity index (χ2v) is 7.71. The summed E-state index contributed by atoms with van der Waals surface area (Å²) >= 11 is 0. The molecule has 0 aliphatic heterocycles. The second-order valence-electron chi connectivity index (χ2n) is 7.71. The molecule has 9 heteroatoms. The van der Waals surface area contributed by atoms with Gasteiger partial charge in [0.05, 0.1) is 10.9 Å². The fraction of sp³-hybridized carbons (Fsp3) is 0.273. The standard InChI is InChI=1S/C22H21N7O2/c1-28-21(25-26-27-28)14-5-4-6-15(13-14)23-20(30)12-11-19-24-18-8-3-2-7-17(18)22(31)29(19)16-9-10-16/h2-8,13,16H,9-12H2,1H3,(H,23,30). The Morgan fingerprint density at radius 1 is 1.16 bits per heavy atom. The van der Waals surface area contributed by atoms with Gasteiger partial charge in [0, 0.05) is 37.2 Å². The Morgan fingerprint density at radius 2 is 2.00 bits per heavy atom. The normalized spacial score (nSPS) is 13.5. The zero-order valence-corrected chi connectivity index (χ0v) is 17.0. The molecule has 4 aromatic rings. The molecule has 0 unspecified atom stereocenters. The van der Waals surface area contributed by atoms with E-state index in [-0.39, 0.29) is 23.9 Å². The first-order valence-electron chi connectivity index (χ1n) is 10.2. The molecule has 9 nitrogen and oxygen atoms in total. The van der Waals surface area contributed by atoms with Crippen LogP contribution in [0.4, 0.5) is 5.69 Å². The fourth-order valence-electron chi connectivity index (χ4n) is 3.74. The molecule has 31 heavy (non-hydrogen) atoms. The highest BCUT2D eigenvalue weighted by molar-refractivity contribution is 5.91. The van der Waals surface area contributed by atoms with Crippen LogP contribution in [0.2, 0.25) is 0 Å². The minimum atomic E-state index is -0.141. The summed E-state index contributed by atoms with van der Waals surface area (Å²) in [6.07, 6.45) is 2.58. The van der Waals surface area contributed by atoms with Gasteiger partial charge >= 0.3 is 0 Å². The molecule has 0 saturated heterocycles. The zero-order valence-electron chi connectivity index (χ0n) is 17.0. The number of rotatable bonds is 6. The number of aryl methyl sites for hydroxylation is 2. The number of amides is 1. The molecule has 1 saturated carbocycles. The average Bonchev–Trinajstić information content (AvgIpc) is 3.51. The van der Waals surface area contributed by atoms with Gasteiger partial charge in [0.1, 0.15) is 5.82 Å². The number of fused-ring (bicyclic) bond motifs is 1. The molecule has 0 spiro atoms. The van der Waals surface area contributed by atoms with E-state index in [1.165, 1.54) is 0 Å². The van der Waals surface area contributed by atoms with E-state index in [0.29, 0.717) is 34.7 Å². The Labute approximate surface area is 177 Å². The maximum Gasteiger partial charge on any atom is 0.261 e. The van der Waals surface area contributed by atoms with Crippen molar-refractivity contribution < 1.29 is 4.79 Å². The maximum absolute atomic E-state index is 12.9. The zero-order chi connectivity index (χ0) is 21.4. The third-order valence-corrected chi connectivity index (χ3v) is 5.39. The lowest BCUT2D eigenvalue weighted by atomic mass is 10.1. The van der Waals surface area contributed by atoms with Gasteiger partial charge in [-0.1, -0.05) is 24.3 Å². The minimum absolute atomic E-state index is 0.0199. The van der Waals surface area contributed by atoms with Crippen LogP contribution in [0, 0.1) is 0 Å². The van der Waals surface area contributed by atoms with Gasteiger partial charge in [-0.2, -0.15) is 0 Å². The fourth-order valence-corrected chi connectivity index (χ4v) is 3.74. The number of carbonyl (C=O) groups excluding carboxylic acids is 1. The molecule has 1 aliphatic carbocycles. The van der Waals surface area contributed by atoms with E-state index in [4.69, 9.17) is 4.98 Å². The van der Waals surface area contributed by atoms with Crippen molar-refractivity contribution in [1.29, 1.82) is 0 Å². The summed E-state index contributed by atoms with van der Waals surface area (Å²) in [6.45, 7) is 0. The Kier molecular flexibility index (Phi) is 4.78.